The summed E-state index contributed by atoms with van der Waals surface area (Å²) < 4.78 is 22.6. The average molecular weight is 432 g/mol. The van der Waals surface area contributed by atoms with Crippen molar-refractivity contribution in [3.63, 3.8) is 0 Å². The third-order valence-corrected chi connectivity index (χ3v) is 5.87. The molecule has 0 fully saturated rings. The second-order valence-electron chi connectivity index (χ2n) is 7.34. The lowest BCUT2D eigenvalue weighted by Gasteiger charge is -2.38. The number of ether oxygens (including phenoxy) is 1. The van der Waals surface area contributed by atoms with Gasteiger partial charge >= 0.3 is 0 Å². The summed E-state index contributed by atoms with van der Waals surface area (Å²) in [5.41, 5.74) is 4.25. The van der Waals surface area contributed by atoms with Gasteiger partial charge in [0.05, 0.1) is 10.7 Å². The summed E-state index contributed by atoms with van der Waals surface area (Å²) in [6.45, 7) is 0. The van der Waals surface area contributed by atoms with Crippen molar-refractivity contribution in [2.24, 2.45) is 0 Å². The summed E-state index contributed by atoms with van der Waals surface area (Å²) in [4.78, 5) is 8.69. The van der Waals surface area contributed by atoms with E-state index in [2.05, 4.69) is 20.4 Å². The molecule has 0 unspecified atom stereocenters. The van der Waals surface area contributed by atoms with Gasteiger partial charge in [0.2, 0.25) is 5.95 Å². The van der Waals surface area contributed by atoms with Crippen LogP contribution in [0.5, 0.6) is 5.75 Å². The van der Waals surface area contributed by atoms with Crippen molar-refractivity contribution in [3.05, 3.63) is 106 Å². The molecule has 2 atom stereocenters. The monoisotopic (exact) mass is 431 g/mol. The van der Waals surface area contributed by atoms with Crippen LogP contribution in [-0.2, 0) is 0 Å². The minimum absolute atomic E-state index is 0.0679. The first kappa shape index (κ1) is 18.1. The van der Waals surface area contributed by atoms with Crippen molar-refractivity contribution in [1.29, 1.82) is 0 Å². The summed E-state index contributed by atoms with van der Waals surface area (Å²) in [7, 11) is 0. The molecule has 6 nitrogen and oxygen atoms in total. The van der Waals surface area contributed by atoms with E-state index in [1.54, 1.807) is 29.2 Å². The molecule has 6 rings (SSSR count). The number of nitrogens with zero attached hydrogens (tertiary/aromatic N) is 4. The van der Waals surface area contributed by atoms with Gasteiger partial charge in [0.15, 0.2) is 0 Å². The predicted octanol–water partition coefficient (Wildman–Crippen LogP) is 5.03. The number of para-hydroxylation sites is 1. The van der Waals surface area contributed by atoms with Crippen LogP contribution in [0.4, 0.5) is 10.3 Å². The molecule has 2 aliphatic rings. The van der Waals surface area contributed by atoms with Crippen LogP contribution < -0.4 is 10.1 Å². The van der Waals surface area contributed by atoms with E-state index in [1.807, 2.05) is 36.4 Å². The third-order valence-electron chi connectivity index (χ3n) is 5.57. The minimum atomic E-state index is -0.563. The minimum Gasteiger partial charge on any atom is -0.480 e. The Balaban J connectivity index is 1.63. The molecule has 152 valence electrons. The normalized spacial score (nSPS) is 19.0. The van der Waals surface area contributed by atoms with Crippen LogP contribution in [-0.4, -0.2) is 19.7 Å². The fourth-order valence-corrected chi connectivity index (χ4v) is 4.34. The van der Waals surface area contributed by atoms with Crippen molar-refractivity contribution in [3.8, 4) is 5.75 Å². The quantitative estimate of drug-likeness (QED) is 0.482. The fraction of sp³-hybridized carbons (Fsp3) is 0.0870. The zero-order chi connectivity index (χ0) is 20.9. The summed E-state index contributed by atoms with van der Waals surface area (Å²) >= 11 is 5.94. The van der Waals surface area contributed by atoms with Crippen LogP contribution in [0.2, 0.25) is 5.02 Å². The van der Waals surface area contributed by atoms with Gasteiger partial charge in [-0.25, -0.2) is 9.07 Å². The molecule has 0 bridgehead atoms. The number of benzene rings is 2. The van der Waals surface area contributed by atoms with Crippen molar-refractivity contribution in [2.45, 2.75) is 12.1 Å². The van der Waals surface area contributed by atoms with Gasteiger partial charge in [0.1, 0.15) is 30.0 Å². The standard InChI is InChI=1S/C23H15ClFN5O/c24-16-8-7-13(10-17(16)25)22-19-20(15-5-1-2-6-18(15)31-22)29-23-27-12-28-30(23)21(19)14-4-3-9-26-11-14/h1-12,21-22H,(H,27,28,29)/t21-,22-/m1/s1. The van der Waals surface area contributed by atoms with E-state index in [9.17, 15) is 4.39 Å². The highest BCUT2D eigenvalue weighted by molar-refractivity contribution is 6.30. The zero-order valence-corrected chi connectivity index (χ0v) is 16.8. The number of anilines is 1. The van der Waals surface area contributed by atoms with E-state index in [0.29, 0.717) is 17.3 Å². The molecule has 1 N–H and O–H groups in total. The number of rotatable bonds is 2. The lowest BCUT2D eigenvalue weighted by molar-refractivity contribution is 0.222. The summed E-state index contributed by atoms with van der Waals surface area (Å²) in [6, 6.07) is 16.0. The second-order valence-corrected chi connectivity index (χ2v) is 7.75. The molecule has 2 aliphatic heterocycles. The number of fused-ring (bicyclic) bond motifs is 3. The first-order valence-electron chi connectivity index (χ1n) is 9.72. The number of halogens is 2. The lowest BCUT2D eigenvalue weighted by Crippen LogP contribution is -2.32. The molecule has 2 aromatic carbocycles. The van der Waals surface area contributed by atoms with Crippen molar-refractivity contribution < 1.29 is 9.13 Å². The van der Waals surface area contributed by atoms with E-state index in [-0.39, 0.29) is 11.1 Å². The van der Waals surface area contributed by atoms with E-state index in [1.165, 1.54) is 12.4 Å². The molecule has 0 radical (unpaired) electrons. The maximum absolute atomic E-state index is 14.4. The van der Waals surface area contributed by atoms with E-state index in [4.69, 9.17) is 16.3 Å². The summed E-state index contributed by atoms with van der Waals surface area (Å²) in [6.07, 6.45) is 4.47. The van der Waals surface area contributed by atoms with Gasteiger partial charge < -0.3 is 10.1 Å². The number of aromatic nitrogens is 4. The van der Waals surface area contributed by atoms with Gasteiger partial charge in [0.25, 0.3) is 0 Å². The number of hydrogen-bond donors (Lipinski definition) is 1. The van der Waals surface area contributed by atoms with Crippen molar-refractivity contribution in [2.75, 3.05) is 5.32 Å². The van der Waals surface area contributed by atoms with Crippen molar-refractivity contribution >= 4 is 23.2 Å². The van der Waals surface area contributed by atoms with Gasteiger partial charge in [-0.1, -0.05) is 35.9 Å². The fourth-order valence-electron chi connectivity index (χ4n) is 4.23. The lowest BCUT2D eigenvalue weighted by atomic mass is 9.85. The molecule has 0 saturated carbocycles. The Morgan fingerprint density at radius 3 is 2.81 bits per heavy atom. The predicted molar refractivity (Wildman–Crippen MR) is 114 cm³/mol. The summed E-state index contributed by atoms with van der Waals surface area (Å²) in [5, 5.41) is 7.93. The highest BCUT2D eigenvalue weighted by Crippen LogP contribution is 2.50. The van der Waals surface area contributed by atoms with E-state index in [0.717, 1.165) is 22.4 Å². The molecule has 31 heavy (non-hydrogen) atoms. The summed E-state index contributed by atoms with van der Waals surface area (Å²) in [5.74, 6) is 0.823. The highest BCUT2D eigenvalue weighted by Gasteiger charge is 2.41. The van der Waals surface area contributed by atoms with Gasteiger partial charge in [0, 0.05) is 23.5 Å². The van der Waals surface area contributed by atoms with Crippen LogP contribution in [0.25, 0.3) is 5.70 Å². The maximum atomic E-state index is 14.4. The number of pyridine rings is 1. The number of hydrogen-bond acceptors (Lipinski definition) is 5. The SMILES string of the molecule is Fc1cc([C@H]2Oc3ccccc3C3=C2[C@@H](c2cccnc2)n2ncnc2N3)ccc1Cl. The smallest absolute Gasteiger partial charge is 0.226 e. The largest absolute Gasteiger partial charge is 0.480 e. The Bertz CT molecular complexity index is 1340. The molecular weight excluding hydrogens is 417 g/mol. The molecular formula is C23H15ClFN5O. The second kappa shape index (κ2) is 6.92. The molecule has 2 aromatic heterocycles. The first-order valence-corrected chi connectivity index (χ1v) is 10.1. The first-order chi connectivity index (χ1) is 15.2. The zero-order valence-electron chi connectivity index (χ0n) is 16.0. The molecule has 4 aromatic rings. The molecule has 4 heterocycles. The van der Waals surface area contributed by atoms with Gasteiger partial charge in [-0.3, -0.25) is 4.98 Å². The molecule has 8 heteroatoms. The van der Waals surface area contributed by atoms with Crippen LogP contribution in [0.1, 0.15) is 28.8 Å². The van der Waals surface area contributed by atoms with Crippen LogP contribution in [0.15, 0.2) is 78.9 Å². The Morgan fingerprint density at radius 1 is 1.06 bits per heavy atom. The molecule has 0 saturated heterocycles. The number of nitrogens with one attached hydrogen (secondary N) is 1. The Kier molecular flexibility index (Phi) is 4.04. The molecule has 0 aliphatic carbocycles. The van der Waals surface area contributed by atoms with Crippen LogP contribution in [0, 0.1) is 5.82 Å². The maximum Gasteiger partial charge on any atom is 0.226 e. The van der Waals surface area contributed by atoms with Crippen LogP contribution >= 0.6 is 11.6 Å². The van der Waals surface area contributed by atoms with Crippen molar-refractivity contribution in [1.82, 2.24) is 19.7 Å². The van der Waals surface area contributed by atoms with E-state index < -0.39 is 11.9 Å². The Labute approximate surface area is 182 Å². The molecule has 0 amide bonds. The van der Waals surface area contributed by atoms with Crippen LogP contribution in [0.3, 0.4) is 0 Å². The molecule has 0 spiro atoms. The Hall–Kier alpha value is -3.71. The van der Waals surface area contributed by atoms with E-state index >= 15 is 0 Å². The average Bonchev–Trinajstić information content (AvgIpc) is 3.28. The Morgan fingerprint density at radius 2 is 1.97 bits per heavy atom. The van der Waals surface area contributed by atoms with Gasteiger partial charge in [-0.15, -0.1) is 0 Å². The van der Waals surface area contributed by atoms with Gasteiger partial charge in [-0.2, -0.15) is 10.1 Å². The highest BCUT2D eigenvalue weighted by atomic mass is 35.5. The topological polar surface area (TPSA) is 64.9 Å². The third kappa shape index (κ3) is 2.81. The van der Waals surface area contributed by atoms with Gasteiger partial charge in [-0.05, 0) is 41.5 Å².